The van der Waals surface area contributed by atoms with E-state index in [0.717, 1.165) is 60.4 Å². The molecular formula is C26H32N2O5. The maximum absolute atomic E-state index is 10.2. The van der Waals surface area contributed by atoms with Gasteiger partial charge >= 0.3 is 5.97 Å². The summed E-state index contributed by atoms with van der Waals surface area (Å²) in [6.45, 7) is 2.54. The molecule has 5 rings (SSSR count). The average molecular weight is 453 g/mol. The van der Waals surface area contributed by atoms with Crippen LogP contribution in [-0.2, 0) is 4.79 Å². The minimum absolute atomic E-state index is 0.0185. The molecule has 4 N–H and O–H groups in total. The van der Waals surface area contributed by atoms with Crippen LogP contribution in [0.1, 0.15) is 61.6 Å². The molecule has 7 heteroatoms. The van der Waals surface area contributed by atoms with Crippen molar-refractivity contribution in [2.45, 2.75) is 57.1 Å². The van der Waals surface area contributed by atoms with E-state index in [1.807, 2.05) is 37.3 Å². The maximum Gasteiger partial charge on any atom is 0.306 e. The molecule has 0 amide bonds. The summed E-state index contributed by atoms with van der Waals surface area (Å²) >= 11 is 0. The zero-order chi connectivity index (χ0) is 23.5. The summed E-state index contributed by atoms with van der Waals surface area (Å²) in [7, 11) is 1.65. The van der Waals surface area contributed by atoms with E-state index in [0.29, 0.717) is 12.4 Å². The van der Waals surface area contributed by atoms with Gasteiger partial charge in [-0.2, -0.15) is 0 Å². The number of aliphatic carboxylic acids is 1. The molecule has 3 atom stereocenters. The number of fused-ring (bicyclic) bond motifs is 3. The van der Waals surface area contributed by atoms with E-state index in [1.54, 1.807) is 7.11 Å². The molecule has 2 saturated carbocycles. The number of aliphatic hydroxyl groups is 1. The summed E-state index contributed by atoms with van der Waals surface area (Å²) in [5.41, 5.74) is 10.8. The fourth-order valence-electron chi connectivity index (χ4n) is 4.57. The molecule has 0 aromatic heterocycles. The van der Waals surface area contributed by atoms with Crippen molar-refractivity contribution in [3.05, 3.63) is 53.1 Å². The molecule has 2 fully saturated rings. The Morgan fingerprint density at radius 1 is 1.12 bits per heavy atom. The van der Waals surface area contributed by atoms with Gasteiger partial charge in [-0.05, 0) is 68.9 Å². The molecule has 2 aromatic rings. The summed E-state index contributed by atoms with van der Waals surface area (Å²) in [4.78, 5) is 14.9. The van der Waals surface area contributed by atoms with Crippen LogP contribution < -0.4 is 15.2 Å². The van der Waals surface area contributed by atoms with Gasteiger partial charge in [0.25, 0.3) is 0 Å². The number of hydrogen-bond donors (Lipinski definition) is 3. The molecule has 176 valence electrons. The number of carboxylic acids is 1. The smallest absolute Gasteiger partial charge is 0.306 e. The third-order valence-electron chi connectivity index (χ3n) is 6.48. The van der Waals surface area contributed by atoms with Gasteiger partial charge in [0.15, 0.2) is 11.5 Å². The first-order valence-electron chi connectivity index (χ1n) is 11.6. The number of anilines is 1. The Hall–Kier alpha value is -3.06. The Morgan fingerprint density at radius 2 is 1.85 bits per heavy atom. The minimum atomic E-state index is -0.630. The topological polar surface area (TPSA) is 114 Å². The number of aliphatic imine (C=N–C) groups is 1. The molecule has 1 aliphatic heterocycles. The Kier molecular flexibility index (Phi) is 6.88. The molecule has 3 unspecified atom stereocenters. The number of carboxylic acid groups (broad SMARTS) is 1. The number of rotatable bonds is 5. The fraction of sp³-hybridized carbons (Fsp3) is 0.462. The lowest BCUT2D eigenvalue weighted by Crippen LogP contribution is -2.34. The van der Waals surface area contributed by atoms with Crippen LogP contribution in [-0.4, -0.2) is 47.8 Å². The van der Waals surface area contributed by atoms with E-state index in [2.05, 4.69) is 6.07 Å². The fourth-order valence-corrected chi connectivity index (χ4v) is 4.57. The van der Waals surface area contributed by atoms with Gasteiger partial charge in [-0.25, -0.2) is 0 Å². The number of ether oxygens (including phenoxy) is 2. The highest BCUT2D eigenvalue weighted by Crippen LogP contribution is 2.45. The quantitative estimate of drug-likeness (QED) is 0.591. The second kappa shape index (κ2) is 9.83. The van der Waals surface area contributed by atoms with Gasteiger partial charge in [0.2, 0.25) is 0 Å². The van der Waals surface area contributed by atoms with E-state index in [9.17, 15) is 9.90 Å². The molecule has 0 radical (unpaired) electrons. The SMILES string of the molecule is CCOc1cc2c(cc1OC)C(c1ccc(N)cc1)=NC1CCC(O)CC21.O=C(O)C1CC1. The molecule has 0 spiro atoms. The number of hydrogen-bond acceptors (Lipinski definition) is 6. The van der Waals surface area contributed by atoms with Crippen LogP contribution in [0.3, 0.4) is 0 Å². The monoisotopic (exact) mass is 452 g/mol. The Balaban J connectivity index is 0.000000376. The third-order valence-corrected chi connectivity index (χ3v) is 6.48. The van der Waals surface area contributed by atoms with Gasteiger partial charge in [0, 0.05) is 22.7 Å². The van der Waals surface area contributed by atoms with Crippen LogP contribution in [0.5, 0.6) is 11.5 Å². The zero-order valence-electron chi connectivity index (χ0n) is 19.2. The molecule has 0 saturated heterocycles. The Bertz CT molecular complexity index is 1030. The van der Waals surface area contributed by atoms with Gasteiger partial charge < -0.3 is 25.4 Å². The van der Waals surface area contributed by atoms with E-state index < -0.39 is 5.97 Å². The lowest BCUT2D eigenvalue weighted by atomic mass is 9.74. The summed E-state index contributed by atoms with van der Waals surface area (Å²) < 4.78 is 11.4. The second-order valence-corrected chi connectivity index (χ2v) is 8.88. The molecule has 0 bridgehead atoms. The van der Waals surface area contributed by atoms with Crippen molar-refractivity contribution in [3.8, 4) is 11.5 Å². The summed E-state index contributed by atoms with van der Waals surface area (Å²) in [5, 5.41) is 18.3. The third kappa shape index (κ3) is 5.14. The second-order valence-electron chi connectivity index (χ2n) is 8.88. The van der Waals surface area contributed by atoms with Gasteiger partial charge in [0.05, 0.1) is 37.5 Å². The molecule has 7 nitrogen and oxygen atoms in total. The predicted octanol–water partition coefficient (Wildman–Crippen LogP) is 4.01. The first-order chi connectivity index (χ1) is 15.9. The van der Waals surface area contributed by atoms with Gasteiger partial charge in [0.1, 0.15) is 0 Å². The first-order valence-corrected chi connectivity index (χ1v) is 11.6. The Labute approximate surface area is 194 Å². The number of methoxy groups -OCH3 is 1. The van der Waals surface area contributed by atoms with Crippen LogP contribution in [0, 0.1) is 5.92 Å². The van der Waals surface area contributed by atoms with E-state index in [-0.39, 0.29) is 24.0 Å². The van der Waals surface area contributed by atoms with Crippen molar-refractivity contribution in [1.82, 2.24) is 0 Å². The number of nitrogens with two attached hydrogens (primary N) is 1. The van der Waals surface area contributed by atoms with Crippen LogP contribution in [0.25, 0.3) is 0 Å². The standard InChI is InChI=1S/C22H26N2O3.C4H6O2/c1-3-27-21-11-16-17-10-15(25)8-9-19(17)24-22(18(16)12-20(21)26-2)13-4-6-14(23)7-5-13;5-4(6)3-1-2-3/h4-7,11-12,15,17,19,25H,3,8-10,23H2,1-2H3;3H,1-2H2,(H,5,6). The number of carbonyl (C=O) groups is 1. The van der Waals surface area contributed by atoms with Crippen molar-refractivity contribution in [3.63, 3.8) is 0 Å². The minimum Gasteiger partial charge on any atom is -0.493 e. The van der Waals surface area contributed by atoms with Crippen molar-refractivity contribution >= 4 is 17.4 Å². The van der Waals surface area contributed by atoms with E-state index in [1.165, 1.54) is 5.56 Å². The molecule has 33 heavy (non-hydrogen) atoms. The highest BCUT2D eigenvalue weighted by molar-refractivity contribution is 6.15. The molecule has 1 heterocycles. The highest BCUT2D eigenvalue weighted by atomic mass is 16.5. The van der Waals surface area contributed by atoms with Crippen LogP contribution in [0.4, 0.5) is 5.69 Å². The lowest BCUT2D eigenvalue weighted by molar-refractivity contribution is -0.138. The van der Waals surface area contributed by atoms with Crippen LogP contribution in [0.2, 0.25) is 0 Å². The van der Waals surface area contributed by atoms with Crippen molar-refractivity contribution < 1.29 is 24.5 Å². The van der Waals surface area contributed by atoms with Gasteiger partial charge in [-0.1, -0.05) is 12.1 Å². The maximum atomic E-state index is 10.2. The Morgan fingerprint density at radius 3 is 2.42 bits per heavy atom. The van der Waals surface area contributed by atoms with Crippen molar-refractivity contribution in [1.29, 1.82) is 0 Å². The lowest BCUT2D eigenvalue weighted by Gasteiger charge is -2.37. The predicted molar refractivity (Wildman–Crippen MR) is 127 cm³/mol. The zero-order valence-corrected chi connectivity index (χ0v) is 19.2. The molecule has 3 aliphatic rings. The van der Waals surface area contributed by atoms with E-state index in [4.69, 9.17) is 25.3 Å². The summed E-state index contributed by atoms with van der Waals surface area (Å²) in [6.07, 6.45) is 3.94. The van der Waals surface area contributed by atoms with Crippen molar-refractivity contribution in [2.24, 2.45) is 10.9 Å². The molecule has 2 aliphatic carbocycles. The van der Waals surface area contributed by atoms with E-state index >= 15 is 0 Å². The summed E-state index contributed by atoms with van der Waals surface area (Å²) in [6, 6.07) is 12.1. The highest BCUT2D eigenvalue weighted by Gasteiger charge is 2.37. The summed E-state index contributed by atoms with van der Waals surface area (Å²) in [5.74, 6) is 1.04. The van der Waals surface area contributed by atoms with Crippen LogP contribution >= 0.6 is 0 Å². The van der Waals surface area contributed by atoms with Gasteiger partial charge in [-0.15, -0.1) is 0 Å². The number of aliphatic hydroxyl groups excluding tert-OH is 1. The normalized spacial score (nSPS) is 23.2. The first kappa shape index (κ1) is 23.1. The van der Waals surface area contributed by atoms with Crippen molar-refractivity contribution in [2.75, 3.05) is 19.5 Å². The largest absolute Gasteiger partial charge is 0.493 e. The van der Waals surface area contributed by atoms with Gasteiger partial charge in [-0.3, -0.25) is 9.79 Å². The number of benzene rings is 2. The average Bonchev–Trinajstić information content (AvgIpc) is 3.65. The molecular weight excluding hydrogens is 420 g/mol. The number of nitrogens with zero attached hydrogens (tertiary/aromatic N) is 1. The van der Waals surface area contributed by atoms with Crippen LogP contribution in [0.15, 0.2) is 41.4 Å². The molecule has 2 aromatic carbocycles. The number of nitrogen functional groups attached to an aromatic ring is 1.